The molecule has 3 heteroatoms. The summed E-state index contributed by atoms with van der Waals surface area (Å²) in [5, 5.41) is 8.00. The third-order valence-electron chi connectivity index (χ3n) is 3.15. The summed E-state index contributed by atoms with van der Waals surface area (Å²) in [6.07, 6.45) is 0. The van der Waals surface area contributed by atoms with Crippen molar-refractivity contribution in [2.24, 2.45) is 0 Å². The molecule has 0 unspecified atom stereocenters. The van der Waals surface area contributed by atoms with E-state index in [-0.39, 0.29) is 0 Å². The van der Waals surface area contributed by atoms with Crippen molar-refractivity contribution < 1.29 is 0 Å². The Morgan fingerprint density at radius 1 is 0.950 bits per heavy atom. The average molecular weight is 263 g/mol. The second-order valence-electron chi connectivity index (χ2n) is 4.76. The second kappa shape index (κ2) is 5.61. The van der Waals surface area contributed by atoms with Crippen LogP contribution in [0.25, 0.3) is 5.69 Å². The fourth-order valence-electron chi connectivity index (χ4n) is 2.18. The maximum atomic E-state index is 4.55. The first kappa shape index (κ1) is 12.5. The molecule has 0 fully saturated rings. The van der Waals surface area contributed by atoms with Gasteiger partial charge in [0.15, 0.2) is 0 Å². The molecule has 0 amide bonds. The highest BCUT2D eigenvalue weighted by Crippen LogP contribution is 2.17. The van der Waals surface area contributed by atoms with E-state index in [0.29, 0.717) is 0 Å². The van der Waals surface area contributed by atoms with E-state index >= 15 is 0 Å². The lowest BCUT2D eigenvalue weighted by Gasteiger charge is -2.09. The van der Waals surface area contributed by atoms with Crippen molar-refractivity contribution in [2.45, 2.75) is 13.5 Å². The molecule has 0 atom stereocenters. The van der Waals surface area contributed by atoms with Crippen molar-refractivity contribution in [3.8, 4) is 5.69 Å². The van der Waals surface area contributed by atoms with Gasteiger partial charge in [0.2, 0.25) is 0 Å². The Hall–Kier alpha value is -2.55. The van der Waals surface area contributed by atoms with Gasteiger partial charge in [-0.3, -0.25) is 0 Å². The van der Waals surface area contributed by atoms with Crippen LogP contribution in [0.2, 0.25) is 0 Å². The lowest BCUT2D eigenvalue weighted by molar-refractivity contribution is 0.859. The van der Waals surface area contributed by atoms with Crippen LogP contribution in [0.5, 0.6) is 0 Å². The highest BCUT2D eigenvalue weighted by atomic mass is 15.3. The molecule has 0 aliphatic heterocycles. The van der Waals surface area contributed by atoms with Crippen LogP contribution in [0.3, 0.4) is 0 Å². The Kier molecular flexibility index (Phi) is 3.50. The van der Waals surface area contributed by atoms with E-state index in [2.05, 4.69) is 52.9 Å². The number of aromatic nitrogens is 2. The summed E-state index contributed by atoms with van der Waals surface area (Å²) < 4.78 is 1.94. The smallest absolute Gasteiger partial charge is 0.130 e. The van der Waals surface area contributed by atoms with Crippen molar-refractivity contribution in [3.05, 3.63) is 78.0 Å². The van der Waals surface area contributed by atoms with Gasteiger partial charge in [-0.25, -0.2) is 4.68 Å². The van der Waals surface area contributed by atoms with Crippen molar-refractivity contribution in [3.63, 3.8) is 0 Å². The van der Waals surface area contributed by atoms with E-state index in [1.807, 2.05) is 35.9 Å². The summed E-state index contributed by atoms with van der Waals surface area (Å²) in [5.41, 5.74) is 3.33. The maximum absolute atomic E-state index is 4.55. The van der Waals surface area contributed by atoms with Crippen LogP contribution >= 0.6 is 0 Å². The van der Waals surface area contributed by atoms with Crippen LogP contribution in [0, 0.1) is 6.92 Å². The van der Waals surface area contributed by atoms with E-state index in [1.54, 1.807) is 0 Å². The van der Waals surface area contributed by atoms with Gasteiger partial charge < -0.3 is 5.32 Å². The number of hydrogen-bond donors (Lipinski definition) is 1. The zero-order valence-electron chi connectivity index (χ0n) is 11.5. The Morgan fingerprint density at radius 2 is 1.60 bits per heavy atom. The largest absolute Gasteiger partial charge is 0.366 e. The second-order valence-corrected chi connectivity index (χ2v) is 4.76. The zero-order chi connectivity index (χ0) is 13.8. The van der Waals surface area contributed by atoms with Crippen LogP contribution < -0.4 is 5.32 Å². The summed E-state index contributed by atoms with van der Waals surface area (Å²) >= 11 is 0. The Balaban J connectivity index is 1.84. The van der Waals surface area contributed by atoms with E-state index < -0.39 is 0 Å². The normalized spacial score (nSPS) is 10.4. The number of para-hydroxylation sites is 1. The summed E-state index contributed by atoms with van der Waals surface area (Å²) in [6, 6.07) is 22.6. The molecule has 1 N–H and O–H groups in total. The zero-order valence-corrected chi connectivity index (χ0v) is 11.5. The molecule has 3 aromatic rings. The van der Waals surface area contributed by atoms with Crippen molar-refractivity contribution in [1.29, 1.82) is 0 Å². The predicted octanol–water partition coefficient (Wildman–Crippen LogP) is 3.79. The van der Waals surface area contributed by atoms with Crippen LogP contribution in [0.4, 0.5) is 5.82 Å². The lowest BCUT2D eigenvalue weighted by Crippen LogP contribution is -2.06. The van der Waals surface area contributed by atoms with Crippen molar-refractivity contribution in [2.75, 3.05) is 5.32 Å². The molecular weight excluding hydrogens is 246 g/mol. The topological polar surface area (TPSA) is 29.9 Å². The molecule has 0 aliphatic rings. The molecule has 0 spiro atoms. The minimum Gasteiger partial charge on any atom is -0.366 e. The lowest BCUT2D eigenvalue weighted by atomic mass is 10.2. The standard InChI is InChI=1S/C17H17N3/c1-14-12-17(18-13-15-8-4-2-5-9-15)20(19-14)16-10-6-3-7-11-16/h2-12,18H,13H2,1H3. The van der Waals surface area contributed by atoms with Gasteiger partial charge in [-0.15, -0.1) is 0 Å². The number of nitrogens with one attached hydrogen (secondary N) is 1. The van der Waals surface area contributed by atoms with Crippen LogP contribution in [0.15, 0.2) is 66.7 Å². The maximum Gasteiger partial charge on any atom is 0.130 e. The van der Waals surface area contributed by atoms with Crippen LogP contribution in [-0.2, 0) is 6.54 Å². The number of hydrogen-bond acceptors (Lipinski definition) is 2. The first-order valence-electron chi connectivity index (χ1n) is 6.73. The Labute approximate surface area is 118 Å². The Bertz CT molecular complexity index is 672. The minimum atomic E-state index is 0.790. The highest BCUT2D eigenvalue weighted by Gasteiger charge is 2.06. The van der Waals surface area contributed by atoms with Gasteiger partial charge in [0.25, 0.3) is 0 Å². The minimum absolute atomic E-state index is 0.790. The van der Waals surface area contributed by atoms with Crippen molar-refractivity contribution in [1.82, 2.24) is 9.78 Å². The molecule has 100 valence electrons. The molecule has 0 bridgehead atoms. The molecule has 1 aromatic heterocycles. The molecule has 3 nitrogen and oxygen atoms in total. The molecule has 20 heavy (non-hydrogen) atoms. The molecule has 0 saturated heterocycles. The molecule has 0 radical (unpaired) electrons. The summed E-state index contributed by atoms with van der Waals surface area (Å²) in [7, 11) is 0. The van der Waals surface area contributed by atoms with Gasteiger partial charge >= 0.3 is 0 Å². The third kappa shape index (κ3) is 2.72. The predicted molar refractivity (Wildman–Crippen MR) is 82.1 cm³/mol. The van der Waals surface area contributed by atoms with Gasteiger partial charge in [-0.05, 0) is 24.6 Å². The molecule has 0 saturated carbocycles. The van der Waals surface area contributed by atoms with Gasteiger partial charge in [-0.2, -0.15) is 5.10 Å². The van der Waals surface area contributed by atoms with Gasteiger partial charge in [0.1, 0.15) is 5.82 Å². The highest BCUT2D eigenvalue weighted by molar-refractivity contribution is 5.46. The molecule has 0 aliphatic carbocycles. The summed E-state index contributed by atoms with van der Waals surface area (Å²) in [5.74, 6) is 1.01. The fourth-order valence-corrected chi connectivity index (χ4v) is 2.18. The summed E-state index contributed by atoms with van der Waals surface area (Å²) in [4.78, 5) is 0. The van der Waals surface area contributed by atoms with Crippen molar-refractivity contribution >= 4 is 5.82 Å². The summed E-state index contributed by atoms with van der Waals surface area (Å²) in [6.45, 7) is 2.80. The molecule has 1 heterocycles. The molecule has 3 rings (SSSR count). The molecule has 2 aromatic carbocycles. The molecular formula is C17H17N3. The first-order valence-corrected chi connectivity index (χ1v) is 6.73. The van der Waals surface area contributed by atoms with Crippen LogP contribution in [-0.4, -0.2) is 9.78 Å². The van der Waals surface area contributed by atoms with E-state index in [4.69, 9.17) is 0 Å². The number of nitrogens with zero attached hydrogens (tertiary/aromatic N) is 2. The van der Waals surface area contributed by atoms with E-state index in [9.17, 15) is 0 Å². The van der Waals surface area contributed by atoms with Gasteiger partial charge in [0.05, 0.1) is 11.4 Å². The third-order valence-corrected chi connectivity index (χ3v) is 3.15. The van der Waals surface area contributed by atoms with Gasteiger partial charge in [0, 0.05) is 12.6 Å². The monoisotopic (exact) mass is 263 g/mol. The van der Waals surface area contributed by atoms with Gasteiger partial charge in [-0.1, -0.05) is 48.5 Å². The first-order chi connectivity index (χ1) is 9.83. The fraction of sp³-hybridized carbons (Fsp3) is 0.118. The number of aryl methyl sites for hydroxylation is 1. The Morgan fingerprint density at radius 3 is 2.30 bits per heavy atom. The number of benzene rings is 2. The quantitative estimate of drug-likeness (QED) is 0.776. The number of anilines is 1. The van der Waals surface area contributed by atoms with E-state index in [1.165, 1.54) is 5.56 Å². The van der Waals surface area contributed by atoms with E-state index in [0.717, 1.165) is 23.7 Å². The van der Waals surface area contributed by atoms with Crippen LogP contribution in [0.1, 0.15) is 11.3 Å². The SMILES string of the molecule is Cc1cc(NCc2ccccc2)n(-c2ccccc2)n1. The number of rotatable bonds is 4. The average Bonchev–Trinajstić information content (AvgIpc) is 2.88.